The lowest BCUT2D eigenvalue weighted by Gasteiger charge is -2.18. The summed E-state index contributed by atoms with van der Waals surface area (Å²) in [5.74, 6) is -1.71. The van der Waals surface area contributed by atoms with Gasteiger partial charge < -0.3 is 5.11 Å². The summed E-state index contributed by atoms with van der Waals surface area (Å²) >= 11 is 6.60. The maximum absolute atomic E-state index is 11.5. The van der Waals surface area contributed by atoms with Crippen molar-refractivity contribution in [3.05, 3.63) is 31.2 Å². The fourth-order valence-corrected chi connectivity index (χ4v) is 4.22. The van der Waals surface area contributed by atoms with E-state index in [0.717, 1.165) is 24.2 Å². The van der Waals surface area contributed by atoms with Crippen LogP contribution in [0.4, 0.5) is 0 Å². The first-order valence-corrected chi connectivity index (χ1v) is 8.80. The van der Waals surface area contributed by atoms with E-state index in [1.165, 1.54) is 31.0 Å². The van der Waals surface area contributed by atoms with Gasteiger partial charge in [0.25, 0.3) is 5.70 Å². The van der Waals surface area contributed by atoms with Crippen LogP contribution in [0.1, 0.15) is 51.9 Å². The van der Waals surface area contributed by atoms with Crippen LogP contribution in [0.25, 0.3) is 0 Å². The molecular weight excluding hydrogens is 322 g/mol. The van der Waals surface area contributed by atoms with Crippen molar-refractivity contribution in [2.45, 2.75) is 51.9 Å². The molecule has 0 saturated carbocycles. The van der Waals surface area contributed by atoms with Crippen LogP contribution in [0.15, 0.2) is 21.1 Å². The molecule has 0 amide bonds. The summed E-state index contributed by atoms with van der Waals surface area (Å²) in [7, 11) is 0. The van der Waals surface area contributed by atoms with Gasteiger partial charge in [-0.2, -0.15) is 0 Å². The predicted octanol–water partition coefficient (Wildman–Crippen LogP) is 4.31. The van der Waals surface area contributed by atoms with Crippen molar-refractivity contribution in [2.24, 2.45) is 5.92 Å². The molecule has 0 spiro atoms. The molecule has 5 nitrogen and oxygen atoms in total. The number of allylic oxidation sites excluding steroid dienone is 1. The molecule has 1 unspecified atom stereocenters. The van der Waals surface area contributed by atoms with Crippen molar-refractivity contribution in [3.8, 4) is 0 Å². The average molecular weight is 341 g/mol. The second-order valence-corrected chi connectivity index (χ2v) is 7.02. The minimum Gasteiger partial charge on any atom is -0.478 e. The molecular formula is C15H19NO4S2. The molecule has 0 radical (unpaired) electrons. The van der Waals surface area contributed by atoms with E-state index in [-0.39, 0.29) is 11.3 Å². The molecule has 7 heteroatoms. The second kappa shape index (κ2) is 7.37. The number of nitro groups is 1. The number of hydrogen-bond acceptors (Lipinski definition) is 5. The number of thiocarbonyl (C=S) groups is 1. The van der Waals surface area contributed by atoms with Gasteiger partial charge in [0.1, 0.15) is 10.5 Å². The third kappa shape index (κ3) is 3.57. The molecule has 0 aromatic heterocycles. The summed E-state index contributed by atoms with van der Waals surface area (Å²) < 4.78 is 0. The Morgan fingerprint density at radius 1 is 1.27 bits per heavy atom. The zero-order chi connectivity index (χ0) is 16.3. The van der Waals surface area contributed by atoms with Gasteiger partial charge >= 0.3 is 5.97 Å². The van der Waals surface area contributed by atoms with Crippen LogP contribution in [0.2, 0.25) is 0 Å². The van der Waals surface area contributed by atoms with Gasteiger partial charge in [0.15, 0.2) is 0 Å². The third-order valence-electron chi connectivity index (χ3n) is 3.99. The molecule has 1 atom stereocenters. The summed E-state index contributed by atoms with van der Waals surface area (Å²) in [6.45, 7) is 2.15. The number of carboxylic acid groups (broad SMARTS) is 1. The summed E-state index contributed by atoms with van der Waals surface area (Å²) in [5.41, 5.74) is -0.357. The Morgan fingerprint density at radius 2 is 1.91 bits per heavy atom. The molecule has 2 aliphatic rings. The van der Waals surface area contributed by atoms with Crippen LogP contribution >= 0.6 is 24.0 Å². The van der Waals surface area contributed by atoms with E-state index in [0.29, 0.717) is 16.2 Å². The molecule has 0 fully saturated rings. The Bertz CT molecular complexity index is 580. The lowest BCUT2D eigenvalue weighted by molar-refractivity contribution is -0.420. The quantitative estimate of drug-likeness (QED) is 0.291. The first-order chi connectivity index (χ1) is 10.5. The van der Waals surface area contributed by atoms with Crippen molar-refractivity contribution in [1.29, 1.82) is 0 Å². The first kappa shape index (κ1) is 17.1. The van der Waals surface area contributed by atoms with Crippen LogP contribution in [0.5, 0.6) is 0 Å². The number of unbranched alkanes of at least 4 members (excludes halogenated alkanes) is 5. The normalized spacial score (nSPS) is 20.2. The molecule has 22 heavy (non-hydrogen) atoms. The van der Waals surface area contributed by atoms with Gasteiger partial charge in [-0.15, -0.1) is 0 Å². The number of carbonyl (C=O) groups is 1. The Balaban J connectivity index is 2.06. The van der Waals surface area contributed by atoms with Gasteiger partial charge in [0, 0.05) is 15.7 Å². The molecule has 1 aliphatic carbocycles. The van der Waals surface area contributed by atoms with E-state index in [1.807, 2.05) is 0 Å². The summed E-state index contributed by atoms with van der Waals surface area (Å²) in [6.07, 6.45) is 7.13. The molecule has 1 aliphatic heterocycles. The molecule has 1 heterocycles. The number of rotatable bonds is 9. The lowest BCUT2D eigenvalue weighted by atomic mass is 9.85. The fourth-order valence-electron chi connectivity index (χ4n) is 2.81. The molecule has 0 saturated heterocycles. The molecule has 2 rings (SSSR count). The zero-order valence-corrected chi connectivity index (χ0v) is 14.1. The van der Waals surface area contributed by atoms with Crippen LogP contribution in [0, 0.1) is 16.0 Å². The Labute approximate surface area is 139 Å². The predicted molar refractivity (Wildman–Crippen MR) is 90.4 cm³/mol. The summed E-state index contributed by atoms with van der Waals surface area (Å²) in [5, 5.41) is 20.6. The van der Waals surface area contributed by atoms with E-state index in [4.69, 9.17) is 12.2 Å². The minimum atomic E-state index is -1.22. The average Bonchev–Trinajstić information content (AvgIpc) is 3.24. The first-order valence-electron chi connectivity index (χ1n) is 7.57. The molecule has 0 aromatic rings. The summed E-state index contributed by atoms with van der Waals surface area (Å²) in [4.78, 5) is 23.9. The van der Waals surface area contributed by atoms with Crippen LogP contribution in [-0.4, -0.2) is 20.9 Å². The van der Waals surface area contributed by atoms with Crippen molar-refractivity contribution >= 4 is 34.8 Å². The van der Waals surface area contributed by atoms with Gasteiger partial charge in [-0.3, -0.25) is 10.1 Å². The van der Waals surface area contributed by atoms with Crippen LogP contribution in [-0.2, 0) is 4.79 Å². The zero-order valence-electron chi connectivity index (χ0n) is 12.5. The topological polar surface area (TPSA) is 80.4 Å². The maximum Gasteiger partial charge on any atom is 0.339 e. The Kier molecular flexibility index (Phi) is 5.74. The standard InChI is InChI=1S/C15H19NO4S2/c1-2-3-4-5-6-7-8-9-10(15(17)18)11(16(19)20)13-14(22-13)12(9)21/h9H,2-8H2,1H3,(H,17,18). The fraction of sp³-hybridized carbons (Fsp3) is 0.600. The maximum atomic E-state index is 11.5. The number of thioether (sulfide) groups is 1. The highest BCUT2D eigenvalue weighted by Crippen LogP contribution is 2.57. The number of nitrogens with zero attached hydrogens (tertiary/aromatic N) is 1. The van der Waals surface area contributed by atoms with Gasteiger partial charge in [-0.25, -0.2) is 4.79 Å². The second-order valence-electron chi connectivity index (χ2n) is 5.56. The van der Waals surface area contributed by atoms with E-state index in [1.54, 1.807) is 0 Å². The van der Waals surface area contributed by atoms with Gasteiger partial charge in [0.05, 0.1) is 4.92 Å². The van der Waals surface area contributed by atoms with Crippen molar-refractivity contribution in [3.63, 3.8) is 0 Å². The molecule has 0 aromatic carbocycles. The lowest BCUT2D eigenvalue weighted by Crippen LogP contribution is -2.25. The van der Waals surface area contributed by atoms with Gasteiger partial charge in [0.2, 0.25) is 0 Å². The minimum absolute atomic E-state index is 0.118. The van der Waals surface area contributed by atoms with Crippen molar-refractivity contribution in [2.75, 3.05) is 0 Å². The van der Waals surface area contributed by atoms with Crippen molar-refractivity contribution in [1.82, 2.24) is 0 Å². The number of hydrogen-bond donors (Lipinski definition) is 1. The monoisotopic (exact) mass is 341 g/mol. The van der Waals surface area contributed by atoms with Crippen LogP contribution in [0.3, 0.4) is 0 Å². The van der Waals surface area contributed by atoms with E-state index in [2.05, 4.69) is 6.92 Å². The smallest absolute Gasteiger partial charge is 0.339 e. The van der Waals surface area contributed by atoms with E-state index < -0.39 is 16.8 Å². The molecule has 1 N–H and O–H groups in total. The Hall–Kier alpha value is -1.21. The third-order valence-corrected chi connectivity index (χ3v) is 5.63. The number of carboxylic acids is 1. The van der Waals surface area contributed by atoms with Crippen molar-refractivity contribution < 1.29 is 14.8 Å². The highest BCUT2D eigenvalue weighted by atomic mass is 32.2. The molecule has 120 valence electrons. The van der Waals surface area contributed by atoms with Crippen LogP contribution < -0.4 is 0 Å². The van der Waals surface area contributed by atoms with E-state index >= 15 is 0 Å². The highest BCUT2D eigenvalue weighted by Gasteiger charge is 2.49. The van der Waals surface area contributed by atoms with Gasteiger partial charge in [-0.1, -0.05) is 69.4 Å². The SMILES string of the molecule is CCCCCCCCC1C(=S)C2=C(S2)C([N+](=O)[O-])=C1C(=O)O. The van der Waals surface area contributed by atoms with E-state index in [9.17, 15) is 20.0 Å². The largest absolute Gasteiger partial charge is 0.478 e. The Morgan fingerprint density at radius 3 is 2.50 bits per heavy atom. The van der Waals surface area contributed by atoms with Gasteiger partial charge in [-0.05, 0) is 6.42 Å². The number of aliphatic carboxylic acids is 1. The highest BCUT2D eigenvalue weighted by molar-refractivity contribution is 8.15. The summed E-state index contributed by atoms with van der Waals surface area (Å²) in [6, 6.07) is 0. The molecule has 0 bridgehead atoms.